The molecule has 1 unspecified atom stereocenters. The van der Waals surface area contributed by atoms with Crippen molar-refractivity contribution in [3.63, 3.8) is 0 Å². The molecule has 1 aliphatic rings. The Morgan fingerprint density at radius 3 is 2.30 bits per heavy atom. The van der Waals surface area contributed by atoms with Crippen molar-refractivity contribution in [3.8, 4) is 0 Å². The highest BCUT2D eigenvalue weighted by molar-refractivity contribution is 7.97. The second kappa shape index (κ2) is 2.72. The Bertz CT molecular complexity index is 119. The van der Waals surface area contributed by atoms with Crippen molar-refractivity contribution in [2.24, 2.45) is 5.41 Å². The molecule has 0 amide bonds. The van der Waals surface area contributed by atoms with Crippen molar-refractivity contribution < 1.29 is 0 Å². The average molecular weight is 160 g/mol. The molecule has 60 valence electrons. The van der Waals surface area contributed by atoms with Crippen molar-refractivity contribution >= 4 is 11.9 Å². The lowest BCUT2D eigenvalue weighted by atomic mass is 9.88. The molecule has 0 aromatic carbocycles. The molecular formula is C7H16N2S. The average Bonchev–Trinajstić information content (AvgIpc) is 2.11. The van der Waals surface area contributed by atoms with E-state index in [1.807, 2.05) is 11.9 Å². The SMILES string of the molecule is CN1NC(C(C)(C)C)CS1. The third-order valence-electron chi connectivity index (χ3n) is 1.82. The minimum absolute atomic E-state index is 0.387. The zero-order valence-corrected chi connectivity index (χ0v) is 7.96. The van der Waals surface area contributed by atoms with Crippen LogP contribution in [0.1, 0.15) is 20.8 Å². The first kappa shape index (κ1) is 8.37. The lowest BCUT2D eigenvalue weighted by molar-refractivity contribution is 0.243. The summed E-state index contributed by atoms with van der Waals surface area (Å²) in [4.78, 5) is 0. The van der Waals surface area contributed by atoms with Crippen LogP contribution in [-0.2, 0) is 0 Å². The van der Waals surface area contributed by atoms with Crippen LogP contribution in [0.5, 0.6) is 0 Å². The van der Waals surface area contributed by atoms with Gasteiger partial charge in [-0.15, -0.1) is 0 Å². The molecule has 0 radical (unpaired) electrons. The van der Waals surface area contributed by atoms with Gasteiger partial charge in [0.05, 0.1) is 0 Å². The molecule has 1 heterocycles. The summed E-state index contributed by atoms with van der Waals surface area (Å²) in [6, 6.07) is 0.627. The molecule has 1 atom stereocenters. The maximum Gasteiger partial charge on any atom is 0.0376 e. The van der Waals surface area contributed by atoms with E-state index in [4.69, 9.17) is 0 Å². The van der Waals surface area contributed by atoms with Crippen LogP contribution in [0.4, 0.5) is 0 Å². The summed E-state index contributed by atoms with van der Waals surface area (Å²) in [5, 5.41) is 0. The minimum Gasteiger partial charge on any atom is -0.241 e. The van der Waals surface area contributed by atoms with Crippen LogP contribution in [0, 0.1) is 5.41 Å². The summed E-state index contributed by atoms with van der Waals surface area (Å²) < 4.78 is 2.09. The van der Waals surface area contributed by atoms with Crippen molar-refractivity contribution in [3.05, 3.63) is 0 Å². The summed E-state index contributed by atoms with van der Waals surface area (Å²) in [6.07, 6.45) is 0. The monoisotopic (exact) mass is 160 g/mol. The summed E-state index contributed by atoms with van der Waals surface area (Å²) in [5.74, 6) is 1.19. The van der Waals surface area contributed by atoms with E-state index in [1.54, 1.807) is 0 Å². The molecule has 1 fully saturated rings. The molecule has 0 aromatic rings. The van der Waals surface area contributed by atoms with Gasteiger partial charge in [-0.25, -0.2) is 5.43 Å². The minimum atomic E-state index is 0.387. The Morgan fingerprint density at radius 1 is 1.50 bits per heavy atom. The van der Waals surface area contributed by atoms with Gasteiger partial charge in [0, 0.05) is 18.8 Å². The second-order valence-corrected chi connectivity index (χ2v) is 4.98. The number of nitrogens with zero attached hydrogens (tertiary/aromatic N) is 1. The van der Waals surface area contributed by atoms with Crippen LogP contribution < -0.4 is 5.43 Å². The Balaban J connectivity index is 2.45. The quantitative estimate of drug-likeness (QED) is 0.541. The van der Waals surface area contributed by atoms with E-state index < -0.39 is 0 Å². The largest absolute Gasteiger partial charge is 0.241 e. The van der Waals surface area contributed by atoms with Gasteiger partial charge in [-0.2, -0.15) is 4.41 Å². The van der Waals surface area contributed by atoms with Crippen molar-refractivity contribution in [1.82, 2.24) is 9.84 Å². The summed E-state index contributed by atoms with van der Waals surface area (Å²) in [5.41, 5.74) is 3.78. The Kier molecular flexibility index (Phi) is 2.28. The van der Waals surface area contributed by atoms with Crippen LogP contribution in [0.2, 0.25) is 0 Å². The zero-order chi connectivity index (χ0) is 7.78. The van der Waals surface area contributed by atoms with Crippen molar-refractivity contribution in [1.29, 1.82) is 0 Å². The van der Waals surface area contributed by atoms with E-state index in [0.717, 1.165) is 0 Å². The number of hydrogen-bond donors (Lipinski definition) is 1. The summed E-state index contributed by atoms with van der Waals surface area (Å²) in [7, 11) is 2.07. The van der Waals surface area contributed by atoms with Crippen molar-refractivity contribution in [2.75, 3.05) is 12.8 Å². The number of hydrogen-bond acceptors (Lipinski definition) is 3. The van der Waals surface area contributed by atoms with E-state index in [1.165, 1.54) is 5.75 Å². The summed E-state index contributed by atoms with van der Waals surface area (Å²) in [6.45, 7) is 6.80. The molecule has 0 bridgehead atoms. The molecule has 1 aliphatic heterocycles. The van der Waals surface area contributed by atoms with Gasteiger partial charge in [-0.3, -0.25) is 0 Å². The topological polar surface area (TPSA) is 15.3 Å². The van der Waals surface area contributed by atoms with Crippen molar-refractivity contribution in [2.45, 2.75) is 26.8 Å². The molecule has 0 spiro atoms. The smallest absolute Gasteiger partial charge is 0.0376 e. The second-order valence-electron chi connectivity index (χ2n) is 3.84. The lowest BCUT2D eigenvalue weighted by Gasteiger charge is -2.26. The van der Waals surface area contributed by atoms with E-state index in [0.29, 0.717) is 11.5 Å². The maximum atomic E-state index is 3.39. The molecule has 2 nitrogen and oxygen atoms in total. The third kappa shape index (κ3) is 1.87. The van der Waals surface area contributed by atoms with E-state index in [2.05, 4.69) is 37.7 Å². The predicted molar refractivity (Wildman–Crippen MR) is 46.6 cm³/mol. The molecule has 1 rings (SSSR count). The van der Waals surface area contributed by atoms with E-state index in [-0.39, 0.29) is 0 Å². The maximum absolute atomic E-state index is 3.39. The third-order valence-corrected chi connectivity index (χ3v) is 2.79. The molecule has 0 saturated carbocycles. The number of hydrazine groups is 1. The van der Waals surface area contributed by atoms with Crippen LogP contribution in [0.25, 0.3) is 0 Å². The molecular weight excluding hydrogens is 144 g/mol. The predicted octanol–water partition coefficient (Wildman–Crippen LogP) is 1.50. The van der Waals surface area contributed by atoms with Gasteiger partial charge in [0.25, 0.3) is 0 Å². The Hall–Kier alpha value is 0.270. The first-order valence-electron chi connectivity index (χ1n) is 3.63. The van der Waals surface area contributed by atoms with Gasteiger partial charge in [-0.1, -0.05) is 32.7 Å². The van der Waals surface area contributed by atoms with Crippen LogP contribution in [0.15, 0.2) is 0 Å². The van der Waals surface area contributed by atoms with Gasteiger partial charge in [0.1, 0.15) is 0 Å². The first-order valence-corrected chi connectivity index (χ1v) is 4.57. The van der Waals surface area contributed by atoms with Gasteiger partial charge < -0.3 is 0 Å². The van der Waals surface area contributed by atoms with E-state index in [9.17, 15) is 0 Å². The highest BCUT2D eigenvalue weighted by Gasteiger charge is 2.30. The molecule has 0 aliphatic carbocycles. The molecule has 0 aromatic heterocycles. The van der Waals surface area contributed by atoms with Crippen LogP contribution in [-0.4, -0.2) is 23.3 Å². The molecule has 1 N–H and O–H groups in total. The molecule has 3 heteroatoms. The van der Waals surface area contributed by atoms with Gasteiger partial charge in [0.15, 0.2) is 0 Å². The normalized spacial score (nSPS) is 29.4. The molecule has 1 saturated heterocycles. The Labute approximate surface area is 67.5 Å². The first-order chi connectivity index (χ1) is 4.50. The fourth-order valence-electron chi connectivity index (χ4n) is 0.924. The number of rotatable bonds is 0. The van der Waals surface area contributed by atoms with Crippen LogP contribution in [0.3, 0.4) is 0 Å². The van der Waals surface area contributed by atoms with Gasteiger partial charge in [0.2, 0.25) is 0 Å². The number of nitrogens with one attached hydrogen (secondary N) is 1. The summed E-state index contributed by atoms with van der Waals surface area (Å²) >= 11 is 1.85. The fourth-order valence-corrected chi connectivity index (χ4v) is 2.07. The Morgan fingerprint density at radius 2 is 2.10 bits per heavy atom. The van der Waals surface area contributed by atoms with Gasteiger partial charge in [-0.05, 0) is 5.41 Å². The highest BCUT2D eigenvalue weighted by Crippen LogP contribution is 2.28. The highest BCUT2D eigenvalue weighted by atomic mass is 32.2. The van der Waals surface area contributed by atoms with Crippen LogP contribution >= 0.6 is 11.9 Å². The standard InChI is InChI=1S/C7H16N2S/c1-7(2,3)6-5-10-9(4)8-6/h6,8H,5H2,1-4H3. The fraction of sp³-hybridized carbons (Fsp3) is 1.00. The van der Waals surface area contributed by atoms with E-state index >= 15 is 0 Å². The lowest BCUT2D eigenvalue weighted by Crippen LogP contribution is -2.40. The zero-order valence-electron chi connectivity index (χ0n) is 7.14. The molecule has 10 heavy (non-hydrogen) atoms. The van der Waals surface area contributed by atoms with Gasteiger partial charge >= 0.3 is 0 Å².